The lowest BCUT2D eigenvalue weighted by atomic mass is 10.0. The van der Waals surface area contributed by atoms with Crippen molar-refractivity contribution >= 4 is 17.6 Å². The molecule has 3 unspecified atom stereocenters. The molecule has 100 valence electrons. The van der Waals surface area contributed by atoms with E-state index in [1.54, 1.807) is 11.8 Å². The Bertz CT molecular complexity index is 540. The van der Waals surface area contributed by atoms with Crippen LogP contribution in [0.15, 0.2) is 24.3 Å². The molecule has 4 heteroatoms. The second-order valence-electron chi connectivity index (χ2n) is 5.16. The average molecular weight is 259 g/mol. The molecule has 0 aromatic heterocycles. The van der Waals surface area contributed by atoms with Crippen LogP contribution in [0.4, 0.5) is 5.69 Å². The van der Waals surface area contributed by atoms with Crippen molar-refractivity contribution in [2.24, 2.45) is 11.8 Å². The molecule has 0 N–H and O–H groups in total. The predicted molar refractivity (Wildman–Crippen MR) is 70.8 cm³/mol. The van der Waals surface area contributed by atoms with Crippen molar-refractivity contribution in [3.63, 3.8) is 0 Å². The molecule has 1 fully saturated rings. The van der Waals surface area contributed by atoms with Crippen molar-refractivity contribution in [1.29, 1.82) is 0 Å². The van der Waals surface area contributed by atoms with Crippen LogP contribution in [-0.2, 0) is 14.3 Å². The Morgan fingerprint density at radius 2 is 2.11 bits per heavy atom. The molecule has 0 saturated heterocycles. The molecule has 3 atom stereocenters. The van der Waals surface area contributed by atoms with E-state index < -0.39 is 0 Å². The Balaban J connectivity index is 1.93. The van der Waals surface area contributed by atoms with E-state index in [9.17, 15) is 9.59 Å². The third kappa shape index (κ3) is 1.82. The number of hydrogen-bond donors (Lipinski definition) is 0. The van der Waals surface area contributed by atoms with Crippen molar-refractivity contribution in [2.75, 3.05) is 18.1 Å². The highest BCUT2D eigenvalue weighted by atomic mass is 16.5. The molecule has 1 aliphatic heterocycles. The molecule has 19 heavy (non-hydrogen) atoms. The van der Waals surface area contributed by atoms with Gasteiger partial charge in [-0.2, -0.15) is 0 Å². The van der Waals surface area contributed by atoms with Gasteiger partial charge in [-0.1, -0.05) is 18.2 Å². The number of hydrogen-bond acceptors (Lipinski definition) is 3. The molecule has 1 amide bonds. The smallest absolute Gasteiger partial charge is 0.309 e. The van der Waals surface area contributed by atoms with Crippen molar-refractivity contribution in [2.45, 2.75) is 19.8 Å². The molecular formula is C15H17NO3. The van der Waals surface area contributed by atoms with E-state index in [0.29, 0.717) is 13.2 Å². The minimum absolute atomic E-state index is 0.0282. The molecule has 1 aromatic rings. The van der Waals surface area contributed by atoms with Crippen molar-refractivity contribution in [1.82, 2.24) is 0 Å². The molecule has 3 rings (SSSR count). The van der Waals surface area contributed by atoms with Gasteiger partial charge < -0.3 is 9.64 Å². The molecule has 2 aliphatic rings. The number of anilines is 1. The summed E-state index contributed by atoms with van der Waals surface area (Å²) in [5.74, 6) is 0.271. The third-order valence-corrected chi connectivity index (χ3v) is 4.09. The number of nitrogens with zero attached hydrogens (tertiary/aromatic N) is 1. The minimum atomic E-state index is -0.127. The highest BCUT2D eigenvalue weighted by molar-refractivity contribution is 5.94. The molecule has 1 heterocycles. The first-order valence-electron chi connectivity index (χ1n) is 6.68. The van der Waals surface area contributed by atoms with Crippen LogP contribution in [0.25, 0.3) is 0 Å². The summed E-state index contributed by atoms with van der Waals surface area (Å²) in [6.07, 6.45) is 0. The number of ether oxygens (including phenoxy) is 1. The molecule has 1 saturated carbocycles. The summed E-state index contributed by atoms with van der Waals surface area (Å²) in [4.78, 5) is 25.4. The van der Waals surface area contributed by atoms with E-state index in [0.717, 1.165) is 11.3 Å². The van der Waals surface area contributed by atoms with Gasteiger partial charge in [-0.3, -0.25) is 9.59 Å². The summed E-state index contributed by atoms with van der Waals surface area (Å²) in [7, 11) is 0. The van der Waals surface area contributed by atoms with Gasteiger partial charge >= 0.3 is 5.97 Å². The summed E-state index contributed by atoms with van der Waals surface area (Å²) in [5, 5.41) is 0. The van der Waals surface area contributed by atoms with Crippen LogP contribution in [0.2, 0.25) is 0 Å². The fourth-order valence-corrected chi connectivity index (χ4v) is 3.21. The van der Waals surface area contributed by atoms with Gasteiger partial charge in [0.15, 0.2) is 0 Å². The van der Waals surface area contributed by atoms with Crippen LogP contribution in [0.5, 0.6) is 0 Å². The Kier molecular flexibility index (Phi) is 2.81. The zero-order valence-electron chi connectivity index (χ0n) is 11.1. The highest BCUT2D eigenvalue weighted by Crippen LogP contribution is 2.60. The van der Waals surface area contributed by atoms with Crippen LogP contribution in [0.1, 0.15) is 25.3 Å². The maximum absolute atomic E-state index is 11.9. The molecule has 0 bridgehead atoms. The second kappa shape index (κ2) is 4.37. The quantitative estimate of drug-likeness (QED) is 0.763. The number of carbonyl (C=O) groups excluding carboxylic acids is 2. The molecular weight excluding hydrogens is 242 g/mol. The van der Waals surface area contributed by atoms with Gasteiger partial charge in [-0.05, 0) is 24.5 Å². The van der Waals surface area contributed by atoms with Crippen LogP contribution >= 0.6 is 0 Å². The largest absolute Gasteiger partial charge is 0.466 e. The summed E-state index contributed by atoms with van der Waals surface area (Å²) in [6.45, 7) is 4.42. The second-order valence-corrected chi connectivity index (χ2v) is 5.16. The van der Waals surface area contributed by atoms with Gasteiger partial charge in [0.2, 0.25) is 5.91 Å². The number of esters is 1. The van der Waals surface area contributed by atoms with Crippen molar-refractivity contribution in [3.8, 4) is 0 Å². The Labute approximate surface area is 112 Å². The number of carbonyl (C=O) groups is 2. The van der Waals surface area contributed by atoms with Gasteiger partial charge in [0.05, 0.1) is 12.5 Å². The SMILES string of the molecule is CCOC(=O)C1C2CN(C(C)=O)c3ccccc3C21. The van der Waals surface area contributed by atoms with Crippen LogP contribution in [0.3, 0.4) is 0 Å². The molecule has 1 aliphatic carbocycles. The molecule has 0 spiro atoms. The van der Waals surface area contributed by atoms with Gasteiger partial charge in [0.25, 0.3) is 0 Å². The zero-order valence-corrected chi connectivity index (χ0v) is 11.1. The zero-order chi connectivity index (χ0) is 13.6. The number of amides is 1. The Morgan fingerprint density at radius 1 is 1.37 bits per heavy atom. The summed E-state index contributed by atoms with van der Waals surface area (Å²) >= 11 is 0. The minimum Gasteiger partial charge on any atom is -0.466 e. The van der Waals surface area contributed by atoms with E-state index >= 15 is 0 Å². The number of rotatable bonds is 2. The van der Waals surface area contributed by atoms with Crippen LogP contribution < -0.4 is 4.90 Å². The lowest BCUT2D eigenvalue weighted by Crippen LogP contribution is -2.34. The lowest BCUT2D eigenvalue weighted by molar-refractivity contribution is -0.145. The van der Waals surface area contributed by atoms with E-state index in [2.05, 4.69) is 0 Å². The average Bonchev–Trinajstić information content (AvgIpc) is 3.12. The maximum atomic E-state index is 11.9. The molecule has 0 radical (unpaired) electrons. The van der Waals surface area contributed by atoms with Gasteiger partial charge in [-0.25, -0.2) is 0 Å². The van der Waals surface area contributed by atoms with Crippen molar-refractivity contribution < 1.29 is 14.3 Å². The first kappa shape index (κ1) is 12.2. The Hall–Kier alpha value is -1.84. The summed E-state index contributed by atoms with van der Waals surface area (Å²) in [6, 6.07) is 7.85. The topological polar surface area (TPSA) is 46.6 Å². The standard InChI is InChI=1S/C15H17NO3/c1-3-19-15(18)14-11-8-16(9(2)17)12-7-5-4-6-10(12)13(11)14/h4-7,11,13-14H,3,8H2,1-2H3. The van der Waals surface area contributed by atoms with Crippen LogP contribution in [0, 0.1) is 11.8 Å². The van der Waals surface area contributed by atoms with Crippen LogP contribution in [-0.4, -0.2) is 25.0 Å². The first-order valence-corrected chi connectivity index (χ1v) is 6.68. The monoisotopic (exact) mass is 259 g/mol. The fraction of sp³-hybridized carbons (Fsp3) is 0.467. The van der Waals surface area contributed by atoms with Crippen molar-refractivity contribution in [3.05, 3.63) is 29.8 Å². The first-order chi connectivity index (χ1) is 9.15. The van der Waals surface area contributed by atoms with Gasteiger partial charge in [-0.15, -0.1) is 0 Å². The normalized spacial score (nSPS) is 27.3. The summed E-state index contributed by atoms with van der Waals surface area (Å²) in [5.41, 5.74) is 2.05. The third-order valence-electron chi connectivity index (χ3n) is 4.09. The molecule has 1 aromatic carbocycles. The van der Waals surface area contributed by atoms with E-state index in [1.807, 2.05) is 31.2 Å². The predicted octanol–water partition coefficient (Wildman–Crippen LogP) is 1.95. The van der Waals surface area contributed by atoms with Gasteiger partial charge in [0.1, 0.15) is 0 Å². The number of fused-ring (bicyclic) bond motifs is 3. The number of benzene rings is 1. The molecule has 4 nitrogen and oxygen atoms in total. The fourth-order valence-electron chi connectivity index (χ4n) is 3.21. The van der Waals surface area contributed by atoms with E-state index in [1.165, 1.54) is 0 Å². The van der Waals surface area contributed by atoms with E-state index in [-0.39, 0.29) is 29.6 Å². The maximum Gasteiger partial charge on any atom is 0.309 e. The highest BCUT2D eigenvalue weighted by Gasteiger charge is 2.60. The van der Waals surface area contributed by atoms with E-state index in [4.69, 9.17) is 4.74 Å². The lowest BCUT2D eigenvalue weighted by Gasteiger charge is -2.27. The summed E-state index contributed by atoms with van der Waals surface area (Å²) < 4.78 is 5.13. The van der Waals surface area contributed by atoms with Gasteiger partial charge in [0, 0.05) is 25.1 Å². The Morgan fingerprint density at radius 3 is 2.79 bits per heavy atom. The number of para-hydroxylation sites is 1.